The first-order valence-electron chi connectivity index (χ1n) is 3.58. The molecule has 0 unspecified atom stereocenters. The highest BCUT2D eigenvalue weighted by Crippen LogP contribution is 2.27. The first-order valence-corrected chi connectivity index (χ1v) is 3.58. The monoisotopic (exact) mass is 144 g/mol. The van der Waals surface area contributed by atoms with Crippen molar-refractivity contribution in [3.8, 4) is 0 Å². The first kappa shape index (κ1) is 6.54. The zero-order valence-corrected chi connectivity index (χ0v) is 5.57. The molecule has 10 heavy (non-hydrogen) atoms. The zero-order chi connectivity index (χ0) is 7.30. The van der Waals surface area contributed by atoms with Crippen molar-refractivity contribution in [1.82, 2.24) is 5.32 Å². The van der Waals surface area contributed by atoms with Crippen LogP contribution in [0, 0.1) is 0 Å². The van der Waals surface area contributed by atoms with Crippen molar-refractivity contribution in [3.05, 3.63) is 0 Å². The number of aliphatic hydroxyl groups is 2. The van der Waals surface area contributed by atoms with Crippen molar-refractivity contribution in [2.24, 2.45) is 5.73 Å². The molecule has 0 aromatic carbocycles. The van der Waals surface area contributed by atoms with Crippen LogP contribution in [-0.4, -0.2) is 40.5 Å². The van der Waals surface area contributed by atoms with E-state index in [1.54, 1.807) is 0 Å². The standard InChI is InChI=1S/C6H12N2O2/c7-2-1-3-5(9)6(10)4(2)8-3/h2-6,8-10H,1,7H2/t2-,3-,4+,5-,6+/m0/s1. The number of aliphatic hydroxyl groups excluding tert-OH is 2. The Morgan fingerprint density at radius 1 is 1.30 bits per heavy atom. The molecule has 5 N–H and O–H groups in total. The number of fused-ring (bicyclic) bond motifs is 2. The van der Waals surface area contributed by atoms with Gasteiger partial charge in [-0.1, -0.05) is 0 Å². The van der Waals surface area contributed by atoms with Crippen molar-refractivity contribution in [2.45, 2.75) is 36.8 Å². The molecule has 2 rings (SSSR count). The van der Waals surface area contributed by atoms with Gasteiger partial charge in [-0.2, -0.15) is 0 Å². The molecule has 4 nitrogen and oxygen atoms in total. The van der Waals surface area contributed by atoms with Gasteiger partial charge in [0, 0.05) is 12.1 Å². The topological polar surface area (TPSA) is 78.5 Å². The van der Waals surface area contributed by atoms with Gasteiger partial charge >= 0.3 is 0 Å². The van der Waals surface area contributed by atoms with Crippen molar-refractivity contribution < 1.29 is 10.2 Å². The minimum absolute atomic E-state index is 0.0170. The lowest BCUT2D eigenvalue weighted by molar-refractivity contribution is 0.00775. The number of nitrogens with one attached hydrogen (secondary N) is 1. The Morgan fingerprint density at radius 3 is 2.40 bits per heavy atom. The van der Waals surface area contributed by atoms with E-state index in [0.29, 0.717) is 0 Å². The Labute approximate surface area is 59.0 Å². The Morgan fingerprint density at radius 2 is 2.00 bits per heavy atom. The second-order valence-electron chi connectivity index (χ2n) is 3.18. The zero-order valence-electron chi connectivity index (χ0n) is 5.57. The number of rotatable bonds is 0. The summed E-state index contributed by atoms with van der Waals surface area (Å²) < 4.78 is 0. The molecular formula is C6H12N2O2. The fourth-order valence-corrected chi connectivity index (χ4v) is 1.92. The third-order valence-electron chi connectivity index (χ3n) is 2.52. The molecule has 2 bridgehead atoms. The Bertz CT molecular complexity index is 151. The summed E-state index contributed by atoms with van der Waals surface area (Å²) in [6, 6.07) is -0.0431. The van der Waals surface area contributed by atoms with Crippen LogP contribution in [-0.2, 0) is 0 Å². The Balaban J connectivity index is 2.16. The van der Waals surface area contributed by atoms with Crippen molar-refractivity contribution in [3.63, 3.8) is 0 Å². The molecule has 2 heterocycles. The van der Waals surface area contributed by atoms with Crippen molar-refractivity contribution >= 4 is 0 Å². The van der Waals surface area contributed by atoms with E-state index in [0.717, 1.165) is 6.42 Å². The fraction of sp³-hybridized carbons (Fsp3) is 1.00. The van der Waals surface area contributed by atoms with Gasteiger partial charge in [0.1, 0.15) is 0 Å². The van der Waals surface area contributed by atoms with Crippen LogP contribution in [0.5, 0.6) is 0 Å². The molecular weight excluding hydrogens is 132 g/mol. The summed E-state index contributed by atoms with van der Waals surface area (Å²) >= 11 is 0. The summed E-state index contributed by atoms with van der Waals surface area (Å²) in [6.45, 7) is 0. The van der Waals surface area contributed by atoms with Gasteiger partial charge in [0.05, 0.1) is 18.2 Å². The molecule has 0 aromatic heterocycles. The van der Waals surface area contributed by atoms with E-state index in [-0.39, 0.29) is 18.1 Å². The largest absolute Gasteiger partial charge is 0.389 e. The summed E-state index contributed by atoms with van der Waals surface area (Å²) in [4.78, 5) is 0. The number of nitrogens with two attached hydrogens (primary N) is 1. The van der Waals surface area contributed by atoms with Gasteiger partial charge in [-0.05, 0) is 6.42 Å². The van der Waals surface area contributed by atoms with Crippen LogP contribution in [0.15, 0.2) is 0 Å². The summed E-state index contributed by atoms with van der Waals surface area (Å²) in [5.74, 6) is 0. The molecule has 58 valence electrons. The van der Waals surface area contributed by atoms with E-state index in [2.05, 4.69) is 5.32 Å². The Kier molecular flexibility index (Phi) is 1.25. The third kappa shape index (κ3) is 0.645. The summed E-state index contributed by atoms with van der Waals surface area (Å²) in [5, 5.41) is 21.6. The molecule has 2 aliphatic rings. The molecule has 4 heteroatoms. The van der Waals surface area contributed by atoms with Gasteiger partial charge in [-0.15, -0.1) is 0 Å². The van der Waals surface area contributed by atoms with E-state index >= 15 is 0 Å². The molecule has 2 aliphatic heterocycles. The van der Waals surface area contributed by atoms with Gasteiger partial charge in [0.15, 0.2) is 0 Å². The van der Waals surface area contributed by atoms with Crippen LogP contribution < -0.4 is 11.1 Å². The van der Waals surface area contributed by atoms with Gasteiger partial charge in [0.2, 0.25) is 0 Å². The SMILES string of the molecule is N[C@H]1C[C@@H]2N[C@H]1[C@@H](O)[C@H]2O. The summed E-state index contributed by atoms with van der Waals surface area (Å²) in [7, 11) is 0. The highest BCUT2D eigenvalue weighted by molar-refractivity contribution is 5.10. The molecule has 0 amide bonds. The average molecular weight is 144 g/mol. The number of hydrogen-bond acceptors (Lipinski definition) is 4. The predicted octanol–water partition coefficient (Wildman–Crippen LogP) is -2.22. The van der Waals surface area contributed by atoms with Gasteiger partial charge < -0.3 is 21.3 Å². The highest BCUT2D eigenvalue weighted by Gasteiger charge is 2.49. The molecule has 5 atom stereocenters. The average Bonchev–Trinajstić information content (AvgIpc) is 2.36. The number of hydrogen-bond donors (Lipinski definition) is 4. The van der Waals surface area contributed by atoms with Crippen LogP contribution in [0.3, 0.4) is 0 Å². The van der Waals surface area contributed by atoms with Crippen molar-refractivity contribution in [2.75, 3.05) is 0 Å². The lowest BCUT2D eigenvalue weighted by atomic mass is 9.91. The molecule has 0 spiro atoms. The lowest BCUT2D eigenvalue weighted by Crippen LogP contribution is -2.48. The normalized spacial score (nSPS) is 59.7. The van der Waals surface area contributed by atoms with Crippen LogP contribution in [0.4, 0.5) is 0 Å². The molecule has 0 aliphatic carbocycles. The molecule has 0 aromatic rings. The van der Waals surface area contributed by atoms with Crippen LogP contribution >= 0.6 is 0 Å². The van der Waals surface area contributed by atoms with Gasteiger partial charge in [0.25, 0.3) is 0 Å². The van der Waals surface area contributed by atoms with E-state index in [9.17, 15) is 10.2 Å². The lowest BCUT2D eigenvalue weighted by Gasteiger charge is -2.24. The summed E-state index contributed by atoms with van der Waals surface area (Å²) in [6.07, 6.45) is -0.485. The van der Waals surface area contributed by atoms with Gasteiger partial charge in [-0.3, -0.25) is 0 Å². The van der Waals surface area contributed by atoms with E-state index < -0.39 is 12.2 Å². The summed E-state index contributed by atoms with van der Waals surface area (Å²) in [5.41, 5.74) is 5.64. The molecule has 0 radical (unpaired) electrons. The minimum Gasteiger partial charge on any atom is -0.389 e. The van der Waals surface area contributed by atoms with Crippen LogP contribution in [0.25, 0.3) is 0 Å². The maximum absolute atomic E-state index is 9.27. The van der Waals surface area contributed by atoms with E-state index in [1.807, 2.05) is 0 Å². The molecule has 2 fully saturated rings. The predicted molar refractivity (Wildman–Crippen MR) is 35.3 cm³/mol. The second-order valence-corrected chi connectivity index (χ2v) is 3.18. The van der Waals surface area contributed by atoms with Crippen LogP contribution in [0.1, 0.15) is 6.42 Å². The fourth-order valence-electron chi connectivity index (χ4n) is 1.92. The van der Waals surface area contributed by atoms with E-state index in [1.165, 1.54) is 0 Å². The maximum atomic E-state index is 9.27. The highest BCUT2D eigenvalue weighted by atomic mass is 16.3. The minimum atomic E-state index is -0.659. The Hall–Kier alpha value is -0.160. The van der Waals surface area contributed by atoms with Crippen LogP contribution in [0.2, 0.25) is 0 Å². The third-order valence-corrected chi connectivity index (χ3v) is 2.52. The first-order chi connectivity index (χ1) is 4.70. The maximum Gasteiger partial charge on any atom is 0.0982 e. The quantitative estimate of drug-likeness (QED) is 0.310. The van der Waals surface area contributed by atoms with E-state index in [4.69, 9.17) is 5.73 Å². The van der Waals surface area contributed by atoms with Crippen molar-refractivity contribution in [1.29, 1.82) is 0 Å². The second kappa shape index (κ2) is 1.92. The molecule has 0 saturated carbocycles. The smallest absolute Gasteiger partial charge is 0.0982 e. The molecule has 2 saturated heterocycles. The van der Waals surface area contributed by atoms with Gasteiger partial charge in [-0.25, -0.2) is 0 Å².